The maximum atomic E-state index is 12.9. The van der Waals surface area contributed by atoms with Crippen LogP contribution in [0.5, 0.6) is 0 Å². The Morgan fingerprint density at radius 2 is 2.04 bits per heavy atom. The summed E-state index contributed by atoms with van der Waals surface area (Å²) in [6, 6.07) is 7.54. The molecule has 2 aromatic rings. The van der Waals surface area contributed by atoms with Crippen LogP contribution in [0, 0.1) is 0 Å². The summed E-state index contributed by atoms with van der Waals surface area (Å²) in [5.74, 6) is -0.0858. The van der Waals surface area contributed by atoms with Crippen molar-refractivity contribution in [2.24, 2.45) is 0 Å². The molecule has 1 N–H and O–H groups in total. The predicted octanol–water partition coefficient (Wildman–Crippen LogP) is 3.85. The fraction of sp³-hybridized carbons (Fsp3) is 0.500. The molecule has 0 radical (unpaired) electrons. The lowest BCUT2D eigenvalue weighted by Gasteiger charge is -2.32. The summed E-state index contributed by atoms with van der Waals surface area (Å²) in [6.07, 6.45) is -1.24. The van der Waals surface area contributed by atoms with Crippen LogP contribution >= 0.6 is 0 Å². The zero-order chi connectivity index (χ0) is 20.1. The molecule has 1 aliphatic rings. The second-order valence-electron chi connectivity index (χ2n) is 7.04. The summed E-state index contributed by atoms with van der Waals surface area (Å²) in [5, 5.41) is 0. The Balaban J connectivity index is 1.69. The van der Waals surface area contributed by atoms with Gasteiger partial charge in [-0.25, -0.2) is 4.98 Å². The van der Waals surface area contributed by atoms with Crippen molar-refractivity contribution in [1.29, 1.82) is 0 Å². The van der Waals surface area contributed by atoms with E-state index >= 15 is 0 Å². The highest BCUT2D eigenvalue weighted by atomic mass is 19.4. The molecule has 2 heterocycles. The van der Waals surface area contributed by atoms with Gasteiger partial charge >= 0.3 is 6.18 Å². The molecule has 1 aromatic carbocycles. The van der Waals surface area contributed by atoms with Gasteiger partial charge in [0.15, 0.2) is 5.69 Å². The zero-order valence-corrected chi connectivity index (χ0v) is 15.8. The summed E-state index contributed by atoms with van der Waals surface area (Å²) in [6.45, 7) is 5.49. The lowest BCUT2D eigenvalue weighted by atomic mass is 10.1. The molecule has 0 spiro atoms. The number of nitrogens with zero attached hydrogens (tertiary/aromatic N) is 2. The first kappa shape index (κ1) is 20.5. The van der Waals surface area contributed by atoms with Crippen molar-refractivity contribution < 1.29 is 17.9 Å². The monoisotopic (exact) mass is 395 g/mol. The van der Waals surface area contributed by atoms with Crippen molar-refractivity contribution in [1.82, 2.24) is 14.9 Å². The minimum absolute atomic E-state index is 0.0858. The third kappa shape index (κ3) is 5.42. The van der Waals surface area contributed by atoms with Crippen molar-refractivity contribution >= 4 is 0 Å². The normalized spacial score (nSPS) is 18.4. The van der Waals surface area contributed by atoms with Crippen LogP contribution in [0.2, 0.25) is 0 Å². The summed E-state index contributed by atoms with van der Waals surface area (Å²) in [7, 11) is 0. The predicted molar refractivity (Wildman–Crippen MR) is 99.8 cm³/mol. The number of rotatable bonds is 6. The number of piperidine rings is 1. The average Bonchev–Trinajstić information content (AvgIpc) is 2.66. The van der Waals surface area contributed by atoms with E-state index in [4.69, 9.17) is 4.74 Å². The molecule has 28 heavy (non-hydrogen) atoms. The van der Waals surface area contributed by atoms with Crippen molar-refractivity contribution in [2.45, 2.75) is 45.0 Å². The van der Waals surface area contributed by atoms with E-state index in [0.29, 0.717) is 11.6 Å². The second kappa shape index (κ2) is 8.87. The third-order valence-corrected chi connectivity index (χ3v) is 4.69. The first-order chi connectivity index (χ1) is 13.3. The minimum atomic E-state index is -4.66. The molecular weight excluding hydrogens is 371 g/mol. The molecular formula is C20H24F3N3O2. The molecule has 1 aliphatic heterocycles. The Labute approximate surface area is 161 Å². The molecule has 0 amide bonds. The molecule has 0 unspecified atom stereocenters. The van der Waals surface area contributed by atoms with E-state index in [9.17, 15) is 18.0 Å². The number of nitrogens with one attached hydrogen (secondary N) is 1. The van der Waals surface area contributed by atoms with Crippen LogP contribution in [0.25, 0.3) is 11.4 Å². The van der Waals surface area contributed by atoms with Gasteiger partial charge < -0.3 is 9.72 Å². The summed E-state index contributed by atoms with van der Waals surface area (Å²) >= 11 is 0. The Kier molecular flexibility index (Phi) is 6.51. The van der Waals surface area contributed by atoms with Crippen LogP contribution in [0.1, 0.15) is 37.4 Å². The first-order valence-electron chi connectivity index (χ1n) is 9.47. The number of alkyl halides is 3. The van der Waals surface area contributed by atoms with E-state index in [1.54, 1.807) is 12.1 Å². The van der Waals surface area contributed by atoms with Crippen LogP contribution < -0.4 is 5.56 Å². The van der Waals surface area contributed by atoms with Gasteiger partial charge in [0.2, 0.25) is 0 Å². The van der Waals surface area contributed by atoms with Gasteiger partial charge in [-0.2, -0.15) is 13.2 Å². The summed E-state index contributed by atoms with van der Waals surface area (Å²) < 4.78 is 44.5. The number of aromatic amines is 1. The molecule has 3 rings (SSSR count). The number of hydrogen-bond acceptors (Lipinski definition) is 4. The molecule has 1 atom stereocenters. The second-order valence-corrected chi connectivity index (χ2v) is 7.04. The fourth-order valence-corrected chi connectivity index (χ4v) is 3.34. The van der Waals surface area contributed by atoms with Gasteiger partial charge in [-0.3, -0.25) is 9.69 Å². The maximum Gasteiger partial charge on any atom is 0.433 e. The SMILES string of the molecule is CCCO[C@@H]1CCCN(Cc2ccc(-c3nc(C(F)(F)F)cc(=O)[nH]3)cc2)C1. The molecule has 5 nitrogen and oxygen atoms in total. The molecule has 0 bridgehead atoms. The molecule has 0 saturated carbocycles. The number of halogens is 3. The van der Waals surface area contributed by atoms with Gasteiger partial charge in [-0.05, 0) is 31.4 Å². The minimum Gasteiger partial charge on any atom is -0.377 e. The van der Waals surface area contributed by atoms with Crippen LogP contribution in [-0.4, -0.2) is 40.7 Å². The fourth-order valence-electron chi connectivity index (χ4n) is 3.34. The molecule has 1 saturated heterocycles. The van der Waals surface area contributed by atoms with Crippen molar-refractivity contribution in [3.8, 4) is 11.4 Å². The van der Waals surface area contributed by atoms with Gasteiger partial charge in [0.25, 0.3) is 5.56 Å². The number of ether oxygens (including phenoxy) is 1. The van der Waals surface area contributed by atoms with Crippen molar-refractivity contribution in [2.75, 3.05) is 19.7 Å². The smallest absolute Gasteiger partial charge is 0.377 e. The van der Waals surface area contributed by atoms with Gasteiger partial charge in [0.05, 0.1) is 6.10 Å². The Morgan fingerprint density at radius 1 is 1.29 bits per heavy atom. The largest absolute Gasteiger partial charge is 0.433 e. The summed E-state index contributed by atoms with van der Waals surface area (Å²) in [5.41, 5.74) is -0.529. The molecule has 1 fully saturated rings. The van der Waals surface area contributed by atoms with Gasteiger partial charge in [-0.15, -0.1) is 0 Å². The van der Waals surface area contributed by atoms with Gasteiger partial charge in [0, 0.05) is 31.3 Å². The van der Waals surface area contributed by atoms with E-state index in [-0.39, 0.29) is 11.9 Å². The Hall–Kier alpha value is -2.19. The highest BCUT2D eigenvalue weighted by Crippen LogP contribution is 2.28. The van der Waals surface area contributed by atoms with Crippen LogP contribution in [0.4, 0.5) is 13.2 Å². The third-order valence-electron chi connectivity index (χ3n) is 4.69. The lowest BCUT2D eigenvalue weighted by molar-refractivity contribution is -0.141. The quantitative estimate of drug-likeness (QED) is 0.807. The Bertz CT molecular complexity index is 834. The topological polar surface area (TPSA) is 58.2 Å². The number of H-pyrrole nitrogens is 1. The number of likely N-dealkylation sites (tertiary alicyclic amines) is 1. The molecule has 0 aliphatic carbocycles. The van der Waals surface area contributed by atoms with Crippen molar-refractivity contribution in [3.63, 3.8) is 0 Å². The lowest BCUT2D eigenvalue weighted by Crippen LogP contribution is -2.39. The molecule has 152 valence electrons. The highest BCUT2D eigenvalue weighted by molar-refractivity contribution is 5.55. The average molecular weight is 395 g/mol. The number of hydrogen-bond donors (Lipinski definition) is 1. The molecule has 1 aromatic heterocycles. The zero-order valence-electron chi connectivity index (χ0n) is 15.8. The van der Waals surface area contributed by atoms with Crippen LogP contribution in [-0.2, 0) is 17.5 Å². The van der Waals surface area contributed by atoms with Crippen molar-refractivity contribution in [3.05, 3.63) is 51.9 Å². The first-order valence-corrected chi connectivity index (χ1v) is 9.47. The van der Waals surface area contributed by atoms with E-state index < -0.39 is 17.4 Å². The summed E-state index contributed by atoms with van der Waals surface area (Å²) in [4.78, 5) is 19.8. The Morgan fingerprint density at radius 3 is 2.71 bits per heavy atom. The van der Waals surface area contributed by atoms with Gasteiger partial charge in [-0.1, -0.05) is 31.2 Å². The van der Waals surface area contributed by atoms with E-state index in [1.165, 1.54) is 0 Å². The molecule has 8 heteroatoms. The number of aromatic nitrogens is 2. The maximum absolute atomic E-state index is 12.9. The van der Waals surface area contributed by atoms with E-state index in [2.05, 4.69) is 21.8 Å². The standard InChI is InChI=1S/C20H24F3N3O2/c1-2-10-28-16-4-3-9-26(13-16)12-14-5-7-15(8-6-14)19-24-17(20(21,22)23)11-18(27)25-19/h5-8,11,16H,2-4,9-10,12-13H2,1H3,(H,24,25,27)/t16-/m1/s1. The van der Waals surface area contributed by atoms with E-state index in [0.717, 1.165) is 51.1 Å². The highest BCUT2D eigenvalue weighted by Gasteiger charge is 2.33. The van der Waals surface area contributed by atoms with Crippen LogP contribution in [0.15, 0.2) is 35.1 Å². The number of benzene rings is 1. The van der Waals surface area contributed by atoms with E-state index in [1.807, 2.05) is 12.1 Å². The van der Waals surface area contributed by atoms with Gasteiger partial charge in [0.1, 0.15) is 5.82 Å². The van der Waals surface area contributed by atoms with Crippen LogP contribution in [0.3, 0.4) is 0 Å².